The predicted molar refractivity (Wildman–Crippen MR) is 84.9 cm³/mol. The first-order chi connectivity index (χ1) is 9.21. The van der Waals surface area contributed by atoms with Gasteiger partial charge in [0.25, 0.3) is 0 Å². The number of hydrogen-bond acceptors (Lipinski definition) is 2. The standard InChI is InChI=1S/C16H27ClN2/c1-4-11-19(6-3)12-10-16(18-5-2)14-8-7-9-15(17)13-14/h7-9,13,16,18H,4-6,10-12H2,1-3H3. The van der Waals surface area contributed by atoms with Crippen LogP contribution in [0.3, 0.4) is 0 Å². The number of halogens is 1. The van der Waals surface area contributed by atoms with Crippen LogP contribution in [0.15, 0.2) is 24.3 Å². The molecular formula is C16H27ClN2. The Morgan fingerprint density at radius 2 is 2.00 bits per heavy atom. The van der Waals surface area contributed by atoms with Crippen LogP contribution in [-0.2, 0) is 0 Å². The van der Waals surface area contributed by atoms with E-state index >= 15 is 0 Å². The van der Waals surface area contributed by atoms with Crippen LogP contribution in [0.4, 0.5) is 0 Å². The fraction of sp³-hybridized carbons (Fsp3) is 0.625. The second kappa shape index (κ2) is 9.35. The SMILES string of the molecule is CCCN(CC)CCC(NCC)c1cccc(Cl)c1. The maximum atomic E-state index is 6.09. The molecule has 0 heterocycles. The van der Waals surface area contributed by atoms with E-state index in [0.717, 1.165) is 31.1 Å². The molecule has 0 saturated carbocycles. The van der Waals surface area contributed by atoms with E-state index < -0.39 is 0 Å². The maximum Gasteiger partial charge on any atom is 0.0409 e. The van der Waals surface area contributed by atoms with Gasteiger partial charge in [-0.05, 0) is 56.7 Å². The summed E-state index contributed by atoms with van der Waals surface area (Å²) in [6.45, 7) is 11.1. The van der Waals surface area contributed by atoms with E-state index in [0.29, 0.717) is 6.04 Å². The molecule has 0 bridgehead atoms. The van der Waals surface area contributed by atoms with Gasteiger partial charge in [0.15, 0.2) is 0 Å². The minimum atomic E-state index is 0.398. The molecule has 0 aliphatic heterocycles. The van der Waals surface area contributed by atoms with E-state index in [4.69, 9.17) is 11.6 Å². The Labute approximate surface area is 123 Å². The number of nitrogens with one attached hydrogen (secondary N) is 1. The molecule has 0 radical (unpaired) electrons. The second-order valence-corrected chi connectivity index (χ2v) is 5.32. The normalized spacial score (nSPS) is 12.9. The van der Waals surface area contributed by atoms with Gasteiger partial charge in [-0.1, -0.05) is 44.5 Å². The average molecular weight is 283 g/mol. The van der Waals surface area contributed by atoms with Crippen LogP contribution in [0.5, 0.6) is 0 Å². The molecule has 1 aromatic carbocycles. The quantitative estimate of drug-likeness (QED) is 0.733. The smallest absolute Gasteiger partial charge is 0.0409 e. The van der Waals surface area contributed by atoms with E-state index in [2.05, 4.69) is 43.1 Å². The van der Waals surface area contributed by atoms with E-state index in [1.54, 1.807) is 0 Å². The van der Waals surface area contributed by atoms with Crippen molar-refractivity contribution in [2.24, 2.45) is 0 Å². The van der Waals surface area contributed by atoms with E-state index in [1.165, 1.54) is 18.5 Å². The Balaban J connectivity index is 2.62. The van der Waals surface area contributed by atoms with Crippen molar-refractivity contribution in [2.75, 3.05) is 26.2 Å². The van der Waals surface area contributed by atoms with Gasteiger partial charge in [-0.2, -0.15) is 0 Å². The van der Waals surface area contributed by atoms with Crippen LogP contribution >= 0.6 is 11.6 Å². The highest BCUT2D eigenvalue weighted by Gasteiger charge is 2.12. The third-order valence-electron chi connectivity index (χ3n) is 3.42. The molecular weight excluding hydrogens is 256 g/mol. The van der Waals surface area contributed by atoms with Crippen LogP contribution in [0.1, 0.15) is 45.2 Å². The first kappa shape index (κ1) is 16.5. The van der Waals surface area contributed by atoms with Gasteiger partial charge in [-0.3, -0.25) is 0 Å². The van der Waals surface area contributed by atoms with E-state index in [9.17, 15) is 0 Å². The highest BCUT2D eigenvalue weighted by atomic mass is 35.5. The van der Waals surface area contributed by atoms with E-state index in [-0.39, 0.29) is 0 Å². The fourth-order valence-electron chi connectivity index (χ4n) is 2.41. The predicted octanol–water partition coefficient (Wildman–Crippen LogP) is 4.11. The molecule has 1 rings (SSSR count). The monoisotopic (exact) mass is 282 g/mol. The Morgan fingerprint density at radius 3 is 2.58 bits per heavy atom. The molecule has 0 aliphatic rings. The molecule has 3 heteroatoms. The van der Waals surface area contributed by atoms with Gasteiger partial charge in [-0.25, -0.2) is 0 Å². The zero-order valence-electron chi connectivity index (χ0n) is 12.5. The van der Waals surface area contributed by atoms with Crippen LogP contribution in [-0.4, -0.2) is 31.1 Å². The van der Waals surface area contributed by atoms with E-state index in [1.807, 2.05) is 12.1 Å². The lowest BCUT2D eigenvalue weighted by molar-refractivity contribution is 0.270. The molecule has 0 aromatic heterocycles. The Bertz CT molecular complexity index is 354. The summed E-state index contributed by atoms with van der Waals surface area (Å²) in [4.78, 5) is 2.51. The Morgan fingerprint density at radius 1 is 1.21 bits per heavy atom. The lowest BCUT2D eigenvalue weighted by Crippen LogP contribution is -2.30. The fourth-order valence-corrected chi connectivity index (χ4v) is 2.61. The molecule has 1 atom stereocenters. The van der Waals surface area contributed by atoms with Gasteiger partial charge < -0.3 is 10.2 Å². The van der Waals surface area contributed by atoms with Crippen LogP contribution < -0.4 is 5.32 Å². The highest BCUT2D eigenvalue weighted by Crippen LogP contribution is 2.20. The molecule has 0 fully saturated rings. The van der Waals surface area contributed by atoms with Gasteiger partial charge >= 0.3 is 0 Å². The molecule has 1 aromatic rings. The Kier molecular flexibility index (Phi) is 8.11. The van der Waals surface area contributed by atoms with Crippen LogP contribution in [0.2, 0.25) is 5.02 Å². The first-order valence-corrected chi connectivity index (χ1v) is 7.80. The van der Waals surface area contributed by atoms with Crippen molar-refractivity contribution in [1.82, 2.24) is 10.2 Å². The first-order valence-electron chi connectivity index (χ1n) is 7.42. The summed E-state index contributed by atoms with van der Waals surface area (Å²) in [6.07, 6.45) is 2.35. The molecule has 0 spiro atoms. The summed E-state index contributed by atoms with van der Waals surface area (Å²) in [6, 6.07) is 8.60. The minimum absolute atomic E-state index is 0.398. The zero-order chi connectivity index (χ0) is 14.1. The van der Waals surface area contributed by atoms with Crippen molar-refractivity contribution in [3.63, 3.8) is 0 Å². The summed E-state index contributed by atoms with van der Waals surface area (Å²) in [5.41, 5.74) is 1.29. The van der Waals surface area contributed by atoms with Gasteiger partial charge in [0.2, 0.25) is 0 Å². The van der Waals surface area contributed by atoms with Crippen molar-refractivity contribution in [3.8, 4) is 0 Å². The lowest BCUT2D eigenvalue weighted by atomic mass is 10.0. The summed E-state index contributed by atoms with van der Waals surface area (Å²) in [5.74, 6) is 0. The molecule has 0 amide bonds. The van der Waals surface area contributed by atoms with Crippen molar-refractivity contribution in [2.45, 2.75) is 39.7 Å². The highest BCUT2D eigenvalue weighted by molar-refractivity contribution is 6.30. The molecule has 108 valence electrons. The Hall–Kier alpha value is -0.570. The second-order valence-electron chi connectivity index (χ2n) is 4.89. The molecule has 0 aliphatic carbocycles. The number of nitrogens with zero attached hydrogens (tertiary/aromatic N) is 1. The van der Waals surface area contributed by atoms with Gasteiger partial charge in [0.05, 0.1) is 0 Å². The zero-order valence-corrected chi connectivity index (χ0v) is 13.2. The van der Waals surface area contributed by atoms with Gasteiger partial charge in [-0.15, -0.1) is 0 Å². The van der Waals surface area contributed by atoms with Crippen LogP contribution in [0.25, 0.3) is 0 Å². The molecule has 19 heavy (non-hydrogen) atoms. The number of rotatable bonds is 9. The summed E-state index contributed by atoms with van der Waals surface area (Å²) < 4.78 is 0. The largest absolute Gasteiger partial charge is 0.310 e. The van der Waals surface area contributed by atoms with Crippen LogP contribution in [0, 0.1) is 0 Å². The molecule has 2 nitrogen and oxygen atoms in total. The molecule has 1 unspecified atom stereocenters. The number of hydrogen-bond donors (Lipinski definition) is 1. The van der Waals surface area contributed by atoms with Crippen molar-refractivity contribution < 1.29 is 0 Å². The molecule has 0 saturated heterocycles. The summed E-state index contributed by atoms with van der Waals surface area (Å²) >= 11 is 6.09. The van der Waals surface area contributed by atoms with Crippen molar-refractivity contribution >= 4 is 11.6 Å². The van der Waals surface area contributed by atoms with Crippen molar-refractivity contribution in [1.29, 1.82) is 0 Å². The number of benzene rings is 1. The minimum Gasteiger partial charge on any atom is -0.310 e. The summed E-state index contributed by atoms with van der Waals surface area (Å²) in [7, 11) is 0. The maximum absolute atomic E-state index is 6.09. The summed E-state index contributed by atoms with van der Waals surface area (Å²) in [5, 5.41) is 4.38. The van der Waals surface area contributed by atoms with Crippen molar-refractivity contribution in [3.05, 3.63) is 34.9 Å². The third kappa shape index (κ3) is 5.94. The topological polar surface area (TPSA) is 15.3 Å². The lowest BCUT2D eigenvalue weighted by Gasteiger charge is -2.24. The molecule has 1 N–H and O–H groups in total. The average Bonchev–Trinajstić information content (AvgIpc) is 2.42. The van der Waals surface area contributed by atoms with Gasteiger partial charge in [0.1, 0.15) is 0 Å². The van der Waals surface area contributed by atoms with Gasteiger partial charge in [0, 0.05) is 11.1 Å². The third-order valence-corrected chi connectivity index (χ3v) is 3.66.